The Morgan fingerprint density at radius 3 is 1.94 bits per heavy atom. The van der Waals surface area contributed by atoms with E-state index < -0.39 is 4.92 Å². The zero-order valence-electron chi connectivity index (χ0n) is 18.2. The summed E-state index contributed by atoms with van der Waals surface area (Å²) in [6.07, 6.45) is 3.25. The van der Waals surface area contributed by atoms with Gasteiger partial charge in [-0.2, -0.15) is 0 Å². The van der Waals surface area contributed by atoms with Gasteiger partial charge in [0.2, 0.25) is 11.8 Å². The van der Waals surface area contributed by atoms with Crippen molar-refractivity contribution in [3.63, 3.8) is 0 Å². The topological polar surface area (TPSA) is 87.0 Å². The summed E-state index contributed by atoms with van der Waals surface area (Å²) in [5.41, 5.74) is 1.55. The fraction of sp³-hybridized carbons (Fsp3) is 0.417. The van der Waals surface area contributed by atoms with E-state index in [1.54, 1.807) is 24.3 Å². The van der Waals surface area contributed by atoms with E-state index >= 15 is 0 Å². The van der Waals surface area contributed by atoms with Gasteiger partial charge < -0.3 is 9.80 Å². The predicted molar refractivity (Wildman–Crippen MR) is 122 cm³/mol. The number of rotatable bonds is 4. The van der Waals surface area contributed by atoms with E-state index in [4.69, 9.17) is 0 Å². The summed E-state index contributed by atoms with van der Waals surface area (Å²) in [5.74, 6) is -1.37. The molecular weight excluding hydrogens is 427 g/mol. The maximum absolute atomic E-state index is 13.2. The second-order valence-electron chi connectivity index (χ2n) is 8.89. The first-order valence-corrected chi connectivity index (χ1v) is 11.4. The second-order valence-corrected chi connectivity index (χ2v) is 8.89. The van der Waals surface area contributed by atoms with Crippen molar-refractivity contribution in [2.75, 3.05) is 40.9 Å². The molecule has 3 fully saturated rings. The molecule has 2 aromatic carbocycles. The average Bonchev–Trinajstić information content (AvgIpc) is 3.09. The number of nitrogens with zero attached hydrogens (tertiary/aromatic N) is 4. The van der Waals surface area contributed by atoms with Crippen LogP contribution in [0.25, 0.3) is 0 Å². The molecule has 0 N–H and O–H groups in total. The van der Waals surface area contributed by atoms with Crippen LogP contribution >= 0.6 is 0 Å². The lowest BCUT2D eigenvalue weighted by Gasteiger charge is -2.37. The van der Waals surface area contributed by atoms with E-state index in [0.717, 1.165) is 23.4 Å². The van der Waals surface area contributed by atoms with Crippen LogP contribution in [-0.2, 0) is 9.59 Å². The van der Waals surface area contributed by atoms with Crippen molar-refractivity contribution in [1.29, 1.82) is 0 Å². The number of imide groups is 1. The van der Waals surface area contributed by atoms with Gasteiger partial charge in [0.05, 0.1) is 22.4 Å². The third kappa shape index (κ3) is 3.81. The highest BCUT2D eigenvalue weighted by atomic mass is 19.1. The number of carbonyl (C=O) groups excluding carboxylic acids is 2. The van der Waals surface area contributed by atoms with Crippen LogP contribution in [0.5, 0.6) is 0 Å². The van der Waals surface area contributed by atoms with Gasteiger partial charge in [-0.3, -0.25) is 19.7 Å². The first-order valence-electron chi connectivity index (χ1n) is 11.4. The van der Waals surface area contributed by atoms with Gasteiger partial charge in [-0.1, -0.05) is 12.8 Å². The molecule has 8 nitrogen and oxygen atoms in total. The highest BCUT2D eigenvalue weighted by molar-refractivity contribution is 6.22. The summed E-state index contributed by atoms with van der Waals surface area (Å²) >= 11 is 0. The van der Waals surface area contributed by atoms with Crippen LogP contribution in [0.15, 0.2) is 42.5 Å². The Bertz CT molecular complexity index is 1070. The highest BCUT2D eigenvalue weighted by Crippen LogP contribution is 2.42. The number of hydrogen-bond donors (Lipinski definition) is 0. The maximum atomic E-state index is 13.2. The van der Waals surface area contributed by atoms with Crippen molar-refractivity contribution in [2.45, 2.75) is 25.7 Å². The monoisotopic (exact) mass is 452 g/mol. The molecule has 0 unspecified atom stereocenters. The van der Waals surface area contributed by atoms with E-state index in [2.05, 4.69) is 4.90 Å². The van der Waals surface area contributed by atoms with Crippen molar-refractivity contribution in [3.05, 3.63) is 58.4 Å². The normalized spacial score (nSPS) is 23.1. The molecule has 1 saturated carbocycles. The zero-order valence-corrected chi connectivity index (χ0v) is 18.2. The molecule has 2 atom stereocenters. The second kappa shape index (κ2) is 8.46. The summed E-state index contributed by atoms with van der Waals surface area (Å²) in [6, 6.07) is 10.9. The summed E-state index contributed by atoms with van der Waals surface area (Å²) in [6.45, 7) is 2.39. The van der Waals surface area contributed by atoms with Gasteiger partial charge in [0.15, 0.2) is 0 Å². The van der Waals surface area contributed by atoms with Crippen molar-refractivity contribution < 1.29 is 18.9 Å². The number of amides is 2. The first-order chi connectivity index (χ1) is 15.9. The number of hydrogen-bond acceptors (Lipinski definition) is 6. The van der Waals surface area contributed by atoms with Crippen molar-refractivity contribution in [2.24, 2.45) is 11.8 Å². The minimum atomic E-state index is -0.455. The van der Waals surface area contributed by atoms with Crippen LogP contribution in [0, 0.1) is 27.8 Å². The van der Waals surface area contributed by atoms with Gasteiger partial charge in [0.25, 0.3) is 5.69 Å². The smallest absolute Gasteiger partial charge is 0.294 e. The number of nitro benzene ring substituents is 1. The standard InChI is InChI=1S/C24H25FN4O4/c25-16-5-7-17(8-6-16)26-11-13-27(14-12-26)21-10-9-18(15-22(21)29(32)33)28-23(30)19-3-1-2-4-20(19)24(28)31/h5-10,15,19-20H,1-4,11-14H2/t19-,20+. The Kier molecular flexibility index (Phi) is 5.47. The molecule has 2 saturated heterocycles. The van der Waals surface area contributed by atoms with E-state index in [1.165, 1.54) is 18.2 Å². The predicted octanol–water partition coefficient (Wildman–Crippen LogP) is 3.74. The van der Waals surface area contributed by atoms with Crippen molar-refractivity contribution in [3.8, 4) is 0 Å². The third-order valence-corrected chi connectivity index (χ3v) is 7.07. The number of carbonyl (C=O) groups is 2. The fourth-order valence-electron chi connectivity index (χ4n) is 5.34. The number of benzene rings is 2. The fourth-order valence-corrected chi connectivity index (χ4v) is 5.34. The van der Waals surface area contributed by atoms with Crippen molar-refractivity contribution >= 4 is 34.6 Å². The van der Waals surface area contributed by atoms with Crippen LogP contribution in [-0.4, -0.2) is 42.9 Å². The number of fused-ring (bicyclic) bond motifs is 1. The average molecular weight is 452 g/mol. The van der Waals surface area contributed by atoms with Gasteiger partial charge in [-0.25, -0.2) is 9.29 Å². The molecule has 0 aromatic heterocycles. The molecule has 2 aromatic rings. The Hall–Kier alpha value is -3.49. The minimum absolute atomic E-state index is 0.113. The largest absolute Gasteiger partial charge is 0.368 e. The molecule has 9 heteroatoms. The molecule has 33 heavy (non-hydrogen) atoms. The summed E-state index contributed by atoms with van der Waals surface area (Å²) in [4.78, 5) is 42.5. The third-order valence-electron chi connectivity index (χ3n) is 7.07. The van der Waals surface area contributed by atoms with Gasteiger partial charge in [-0.15, -0.1) is 0 Å². The van der Waals surface area contributed by atoms with Gasteiger partial charge in [-0.05, 0) is 49.2 Å². The Morgan fingerprint density at radius 1 is 0.818 bits per heavy atom. The maximum Gasteiger partial charge on any atom is 0.294 e. The van der Waals surface area contributed by atoms with E-state index in [1.807, 2.05) is 4.90 Å². The van der Waals surface area contributed by atoms with Crippen LogP contribution in [0.3, 0.4) is 0 Å². The lowest BCUT2D eigenvalue weighted by atomic mass is 9.81. The molecular formula is C24H25FN4O4. The summed E-state index contributed by atoms with van der Waals surface area (Å²) in [7, 11) is 0. The quantitative estimate of drug-likeness (QED) is 0.399. The highest BCUT2D eigenvalue weighted by Gasteiger charge is 2.49. The SMILES string of the molecule is O=C1[C@H]2CCCC[C@H]2C(=O)N1c1ccc(N2CCN(c3ccc(F)cc3)CC2)c([N+](=O)[O-])c1. The molecule has 0 bridgehead atoms. The summed E-state index contributed by atoms with van der Waals surface area (Å²) in [5, 5.41) is 11.9. The molecule has 1 aliphatic carbocycles. The minimum Gasteiger partial charge on any atom is -0.368 e. The number of piperazine rings is 1. The molecule has 0 spiro atoms. The van der Waals surface area contributed by atoms with Gasteiger partial charge in [0, 0.05) is 37.9 Å². The van der Waals surface area contributed by atoms with Crippen LogP contribution in [0.2, 0.25) is 0 Å². The lowest BCUT2D eigenvalue weighted by Crippen LogP contribution is -2.46. The molecule has 172 valence electrons. The molecule has 2 amide bonds. The molecule has 5 rings (SSSR count). The van der Waals surface area contributed by atoms with E-state index in [0.29, 0.717) is 44.7 Å². The van der Waals surface area contributed by atoms with E-state index in [9.17, 15) is 24.1 Å². The van der Waals surface area contributed by atoms with Crippen LogP contribution in [0.4, 0.5) is 27.1 Å². The van der Waals surface area contributed by atoms with Crippen molar-refractivity contribution in [1.82, 2.24) is 0 Å². The number of halogens is 1. The zero-order chi connectivity index (χ0) is 23.1. The Morgan fingerprint density at radius 2 is 1.36 bits per heavy atom. The molecule has 2 heterocycles. The Labute approximate surface area is 190 Å². The molecule has 3 aliphatic rings. The van der Waals surface area contributed by atoms with Gasteiger partial charge in [0.1, 0.15) is 11.5 Å². The lowest BCUT2D eigenvalue weighted by molar-refractivity contribution is -0.384. The number of nitro groups is 1. The molecule has 0 radical (unpaired) electrons. The van der Waals surface area contributed by atoms with Gasteiger partial charge >= 0.3 is 0 Å². The van der Waals surface area contributed by atoms with E-state index in [-0.39, 0.29) is 40.8 Å². The molecule has 2 aliphatic heterocycles. The van der Waals surface area contributed by atoms with Crippen LogP contribution in [0.1, 0.15) is 25.7 Å². The summed E-state index contributed by atoms with van der Waals surface area (Å²) < 4.78 is 13.2. The first kappa shape index (κ1) is 21.4. The van der Waals surface area contributed by atoms with Crippen LogP contribution < -0.4 is 14.7 Å². The number of anilines is 3. The Balaban J connectivity index is 1.36.